The zero-order chi connectivity index (χ0) is 13.5. The van der Waals surface area contributed by atoms with Gasteiger partial charge >= 0.3 is 0 Å². The van der Waals surface area contributed by atoms with Crippen molar-refractivity contribution in [2.75, 3.05) is 13.2 Å². The Morgan fingerprint density at radius 1 is 1.21 bits per heavy atom. The minimum Gasteiger partial charge on any atom is -0.492 e. The summed E-state index contributed by atoms with van der Waals surface area (Å²) < 4.78 is 5.47. The summed E-state index contributed by atoms with van der Waals surface area (Å²) in [4.78, 5) is 19.7. The summed E-state index contributed by atoms with van der Waals surface area (Å²) in [6.45, 7) is 2.62. The van der Waals surface area contributed by atoms with Crippen LogP contribution in [0.3, 0.4) is 0 Å². The number of ether oxygens (including phenoxy) is 1. The van der Waals surface area contributed by atoms with Gasteiger partial charge in [0.2, 0.25) is 0 Å². The molecule has 1 N–H and O–H groups in total. The van der Waals surface area contributed by atoms with Crippen molar-refractivity contribution in [2.24, 2.45) is 0 Å². The molecule has 0 aliphatic carbocycles. The maximum Gasteiger partial charge on any atom is 0.254 e. The van der Waals surface area contributed by atoms with Crippen LogP contribution < -0.4 is 10.1 Å². The number of carbonyl (C=O) groups is 1. The van der Waals surface area contributed by atoms with Crippen LogP contribution in [0.25, 0.3) is 0 Å². The van der Waals surface area contributed by atoms with E-state index in [1.807, 2.05) is 30.3 Å². The van der Waals surface area contributed by atoms with Crippen LogP contribution in [0.15, 0.2) is 42.7 Å². The second-order valence-electron chi connectivity index (χ2n) is 3.94. The van der Waals surface area contributed by atoms with Crippen molar-refractivity contribution in [1.29, 1.82) is 0 Å². The first-order chi connectivity index (χ1) is 9.25. The molecule has 0 unspecified atom stereocenters. The van der Waals surface area contributed by atoms with Crippen molar-refractivity contribution in [2.45, 2.75) is 6.92 Å². The van der Waals surface area contributed by atoms with Gasteiger partial charge in [0.25, 0.3) is 5.91 Å². The Bertz CT molecular complexity index is 526. The van der Waals surface area contributed by atoms with Crippen molar-refractivity contribution in [3.8, 4) is 5.75 Å². The lowest BCUT2D eigenvalue weighted by molar-refractivity contribution is 0.0946. The number of amides is 1. The highest BCUT2D eigenvalue weighted by atomic mass is 16.5. The average Bonchev–Trinajstić information content (AvgIpc) is 2.45. The molecule has 2 rings (SSSR count). The van der Waals surface area contributed by atoms with Crippen molar-refractivity contribution in [1.82, 2.24) is 15.3 Å². The number of para-hydroxylation sites is 1. The van der Waals surface area contributed by atoms with E-state index in [2.05, 4.69) is 15.3 Å². The van der Waals surface area contributed by atoms with Crippen LogP contribution in [0.5, 0.6) is 5.75 Å². The molecule has 0 aliphatic heterocycles. The molecule has 0 saturated heterocycles. The van der Waals surface area contributed by atoms with E-state index < -0.39 is 0 Å². The number of nitrogens with zero attached hydrogens (tertiary/aromatic N) is 2. The van der Waals surface area contributed by atoms with Crippen LogP contribution in [0.4, 0.5) is 0 Å². The summed E-state index contributed by atoms with van der Waals surface area (Å²) in [6, 6.07) is 9.46. The van der Waals surface area contributed by atoms with Crippen LogP contribution in [-0.4, -0.2) is 29.0 Å². The van der Waals surface area contributed by atoms with Gasteiger partial charge in [-0.15, -0.1) is 0 Å². The van der Waals surface area contributed by atoms with E-state index in [4.69, 9.17) is 4.74 Å². The van der Waals surface area contributed by atoms with Crippen LogP contribution in [-0.2, 0) is 0 Å². The Morgan fingerprint density at radius 3 is 2.58 bits per heavy atom. The molecule has 1 aromatic carbocycles. The molecular weight excluding hydrogens is 242 g/mol. The summed E-state index contributed by atoms with van der Waals surface area (Å²) in [5, 5.41) is 2.74. The molecule has 1 amide bonds. The van der Waals surface area contributed by atoms with E-state index in [1.165, 1.54) is 12.4 Å². The van der Waals surface area contributed by atoms with E-state index in [9.17, 15) is 4.79 Å². The van der Waals surface area contributed by atoms with Crippen LogP contribution in [0.2, 0.25) is 0 Å². The van der Waals surface area contributed by atoms with E-state index in [0.29, 0.717) is 24.5 Å². The third-order valence-electron chi connectivity index (χ3n) is 2.44. The Labute approximate surface area is 111 Å². The molecule has 0 atom stereocenters. The number of hydrogen-bond acceptors (Lipinski definition) is 4. The van der Waals surface area contributed by atoms with E-state index in [0.717, 1.165) is 5.75 Å². The number of aromatic nitrogens is 2. The Hall–Kier alpha value is -2.43. The molecule has 0 fully saturated rings. The molecule has 98 valence electrons. The maximum atomic E-state index is 11.7. The van der Waals surface area contributed by atoms with Gasteiger partial charge < -0.3 is 10.1 Å². The van der Waals surface area contributed by atoms with Gasteiger partial charge in [-0.3, -0.25) is 4.79 Å². The Kier molecular flexibility index (Phi) is 4.44. The molecule has 5 heteroatoms. The highest BCUT2D eigenvalue weighted by molar-refractivity contribution is 5.93. The minimum absolute atomic E-state index is 0.198. The zero-order valence-corrected chi connectivity index (χ0v) is 10.7. The van der Waals surface area contributed by atoms with Crippen molar-refractivity contribution in [3.05, 3.63) is 54.1 Å². The number of nitrogens with one attached hydrogen (secondary N) is 1. The molecule has 1 aromatic heterocycles. The fraction of sp³-hybridized carbons (Fsp3) is 0.214. The highest BCUT2D eigenvalue weighted by Crippen LogP contribution is 2.07. The number of carbonyl (C=O) groups excluding carboxylic acids is 1. The van der Waals surface area contributed by atoms with Crippen LogP contribution in [0, 0.1) is 6.92 Å². The summed E-state index contributed by atoms with van der Waals surface area (Å²) in [7, 11) is 0. The van der Waals surface area contributed by atoms with E-state index >= 15 is 0 Å². The van der Waals surface area contributed by atoms with Crippen molar-refractivity contribution in [3.63, 3.8) is 0 Å². The molecule has 2 aromatic rings. The number of aryl methyl sites for hydroxylation is 1. The van der Waals surface area contributed by atoms with Gasteiger partial charge in [-0.05, 0) is 19.1 Å². The van der Waals surface area contributed by atoms with Gasteiger partial charge in [0, 0.05) is 12.4 Å². The van der Waals surface area contributed by atoms with Gasteiger partial charge in [-0.25, -0.2) is 9.97 Å². The van der Waals surface area contributed by atoms with E-state index in [-0.39, 0.29) is 5.91 Å². The van der Waals surface area contributed by atoms with Crippen molar-refractivity contribution >= 4 is 5.91 Å². The van der Waals surface area contributed by atoms with Gasteiger partial charge in [0.1, 0.15) is 18.2 Å². The third-order valence-corrected chi connectivity index (χ3v) is 2.44. The predicted molar refractivity (Wildman–Crippen MR) is 71.0 cm³/mol. The SMILES string of the molecule is Cc1ncc(C(=O)NCCOc2ccccc2)cn1. The molecule has 0 aliphatic rings. The Morgan fingerprint density at radius 2 is 1.89 bits per heavy atom. The smallest absolute Gasteiger partial charge is 0.254 e. The summed E-state index contributed by atoms with van der Waals surface area (Å²) in [5.74, 6) is 1.23. The lowest BCUT2D eigenvalue weighted by atomic mass is 10.3. The second kappa shape index (κ2) is 6.49. The maximum absolute atomic E-state index is 11.7. The van der Waals surface area contributed by atoms with Gasteiger partial charge in [-0.1, -0.05) is 18.2 Å². The fourth-order valence-corrected chi connectivity index (χ4v) is 1.46. The first kappa shape index (κ1) is 13.0. The lowest BCUT2D eigenvalue weighted by Gasteiger charge is -2.07. The summed E-state index contributed by atoms with van der Waals surface area (Å²) >= 11 is 0. The topological polar surface area (TPSA) is 64.1 Å². The normalized spacial score (nSPS) is 9.95. The summed E-state index contributed by atoms with van der Waals surface area (Å²) in [5.41, 5.74) is 0.449. The molecule has 5 nitrogen and oxygen atoms in total. The number of benzene rings is 1. The van der Waals surface area contributed by atoms with Crippen LogP contribution in [0.1, 0.15) is 16.2 Å². The van der Waals surface area contributed by atoms with Gasteiger partial charge in [-0.2, -0.15) is 0 Å². The first-order valence-electron chi connectivity index (χ1n) is 6.00. The molecule has 1 heterocycles. The molecule has 0 bridgehead atoms. The largest absolute Gasteiger partial charge is 0.492 e. The minimum atomic E-state index is -0.198. The highest BCUT2D eigenvalue weighted by Gasteiger charge is 2.05. The second-order valence-corrected chi connectivity index (χ2v) is 3.94. The quantitative estimate of drug-likeness (QED) is 0.826. The number of rotatable bonds is 5. The van der Waals surface area contributed by atoms with Gasteiger partial charge in [0.15, 0.2) is 0 Å². The lowest BCUT2D eigenvalue weighted by Crippen LogP contribution is -2.28. The number of hydrogen-bond donors (Lipinski definition) is 1. The third kappa shape index (κ3) is 4.06. The summed E-state index contributed by atoms with van der Waals surface area (Å²) in [6.07, 6.45) is 3.02. The molecule has 0 spiro atoms. The standard InChI is InChI=1S/C14H15N3O2/c1-11-16-9-12(10-17-11)14(18)15-7-8-19-13-5-3-2-4-6-13/h2-6,9-10H,7-8H2,1H3,(H,15,18). The van der Waals surface area contributed by atoms with Crippen molar-refractivity contribution < 1.29 is 9.53 Å². The molecule has 0 saturated carbocycles. The monoisotopic (exact) mass is 257 g/mol. The Balaban J connectivity index is 1.74. The first-order valence-corrected chi connectivity index (χ1v) is 6.00. The fourth-order valence-electron chi connectivity index (χ4n) is 1.46. The molecular formula is C14H15N3O2. The predicted octanol–water partition coefficient (Wildman–Crippen LogP) is 1.59. The van der Waals surface area contributed by atoms with E-state index in [1.54, 1.807) is 6.92 Å². The molecule has 19 heavy (non-hydrogen) atoms. The average molecular weight is 257 g/mol. The molecule has 0 radical (unpaired) electrons. The van der Waals surface area contributed by atoms with Gasteiger partial charge in [0.05, 0.1) is 12.1 Å². The van der Waals surface area contributed by atoms with Crippen LogP contribution >= 0.6 is 0 Å². The zero-order valence-electron chi connectivity index (χ0n) is 10.7.